The fraction of sp³-hybridized carbons (Fsp3) is 0.0769. The van der Waals surface area contributed by atoms with Gasteiger partial charge in [-0.2, -0.15) is 0 Å². The quantitative estimate of drug-likeness (QED) is 0.821. The molecular weight excluding hydrogens is 371 g/mol. The number of benzene rings is 2. The number of alkyl halides is 1. The molecule has 0 heterocycles. The highest BCUT2D eigenvalue weighted by atomic mass is 79.9. The summed E-state index contributed by atoms with van der Waals surface area (Å²) < 4.78 is 65.6. The molecule has 0 bridgehead atoms. The molecule has 0 saturated heterocycles. The largest absolute Gasteiger partial charge is 0.274 e. The van der Waals surface area contributed by atoms with Crippen molar-refractivity contribution in [1.82, 2.24) is 0 Å². The second-order valence-corrected chi connectivity index (χ2v) is 6.37. The van der Waals surface area contributed by atoms with Gasteiger partial charge in [0, 0.05) is 17.5 Å². The standard InChI is InChI=1S/C13H9BrF3NO2S/c14-7-8-1-3-10(4-2-8)21(19,20)18-13-11(16)5-9(15)6-12(13)17/h1-6,18H,7H2. The van der Waals surface area contributed by atoms with Crippen LogP contribution in [0, 0.1) is 17.5 Å². The highest BCUT2D eigenvalue weighted by Gasteiger charge is 2.20. The molecule has 0 unspecified atom stereocenters. The van der Waals surface area contributed by atoms with Crippen LogP contribution in [0.4, 0.5) is 18.9 Å². The van der Waals surface area contributed by atoms with E-state index in [1.165, 1.54) is 12.1 Å². The number of sulfonamides is 1. The molecule has 112 valence electrons. The maximum Gasteiger partial charge on any atom is 0.262 e. The van der Waals surface area contributed by atoms with E-state index in [0.717, 1.165) is 5.56 Å². The number of nitrogens with one attached hydrogen (secondary N) is 1. The van der Waals surface area contributed by atoms with E-state index in [4.69, 9.17) is 0 Å². The molecule has 21 heavy (non-hydrogen) atoms. The van der Waals surface area contributed by atoms with Gasteiger partial charge in [0.2, 0.25) is 0 Å². The lowest BCUT2D eigenvalue weighted by Gasteiger charge is -2.10. The fourth-order valence-corrected chi connectivity index (χ4v) is 3.04. The third-order valence-corrected chi connectivity index (χ3v) is 4.64. The summed E-state index contributed by atoms with van der Waals surface area (Å²) in [5.41, 5.74) is -0.0749. The normalized spacial score (nSPS) is 11.4. The van der Waals surface area contributed by atoms with Gasteiger partial charge in [-0.15, -0.1) is 0 Å². The first-order valence-electron chi connectivity index (χ1n) is 5.66. The summed E-state index contributed by atoms with van der Waals surface area (Å²) in [5.74, 6) is -3.78. The van der Waals surface area contributed by atoms with Crippen molar-refractivity contribution in [2.24, 2.45) is 0 Å². The fourth-order valence-electron chi connectivity index (χ4n) is 1.59. The lowest BCUT2D eigenvalue weighted by Crippen LogP contribution is -2.15. The zero-order chi connectivity index (χ0) is 15.6. The molecule has 2 aromatic rings. The minimum Gasteiger partial charge on any atom is -0.274 e. The highest BCUT2D eigenvalue weighted by molar-refractivity contribution is 9.08. The van der Waals surface area contributed by atoms with Gasteiger partial charge < -0.3 is 0 Å². The Hall–Kier alpha value is -1.54. The van der Waals surface area contributed by atoms with Gasteiger partial charge in [-0.05, 0) is 17.7 Å². The average molecular weight is 380 g/mol. The molecule has 0 saturated carbocycles. The van der Waals surface area contributed by atoms with Crippen molar-refractivity contribution in [3.8, 4) is 0 Å². The average Bonchev–Trinajstić information content (AvgIpc) is 2.43. The molecule has 0 fully saturated rings. The molecular formula is C13H9BrF3NO2S. The maximum absolute atomic E-state index is 13.5. The van der Waals surface area contributed by atoms with Crippen LogP contribution in [0.25, 0.3) is 0 Å². The van der Waals surface area contributed by atoms with Crippen molar-refractivity contribution in [3.05, 3.63) is 59.4 Å². The molecule has 2 rings (SSSR count). The minimum atomic E-state index is -4.16. The van der Waals surface area contributed by atoms with Crippen LogP contribution in [0.15, 0.2) is 41.3 Å². The second-order valence-electron chi connectivity index (χ2n) is 4.13. The molecule has 0 aliphatic heterocycles. The topological polar surface area (TPSA) is 46.2 Å². The summed E-state index contributed by atoms with van der Waals surface area (Å²) >= 11 is 3.21. The van der Waals surface area contributed by atoms with Crippen LogP contribution < -0.4 is 4.72 Å². The van der Waals surface area contributed by atoms with Crippen LogP contribution in [-0.4, -0.2) is 8.42 Å². The number of hydrogen-bond donors (Lipinski definition) is 1. The second kappa shape index (κ2) is 6.07. The van der Waals surface area contributed by atoms with Crippen LogP contribution in [0.2, 0.25) is 0 Å². The molecule has 1 N–H and O–H groups in total. The predicted molar refractivity (Wildman–Crippen MR) is 76.2 cm³/mol. The first-order chi connectivity index (χ1) is 9.83. The smallest absolute Gasteiger partial charge is 0.262 e. The van der Waals surface area contributed by atoms with Crippen molar-refractivity contribution < 1.29 is 21.6 Å². The molecule has 2 aromatic carbocycles. The van der Waals surface area contributed by atoms with Gasteiger partial charge in [0.15, 0.2) is 11.6 Å². The number of rotatable bonds is 4. The van der Waals surface area contributed by atoms with E-state index in [1.54, 1.807) is 16.9 Å². The third-order valence-electron chi connectivity index (χ3n) is 2.63. The summed E-state index contributed by atoms with van der Waals surface area (Å²) in [4.78, 5) is -0.157. The Bertz CT molecular complexity index is 740. The lowest BCUT2D eigenvalue weighted by atomic mass is 10.2. The third kappa shape index (κ3) is 3.56. The number of halogens is 4. The predicted octanol–water partition coefficient (Wildman–Crippen LogP) is 3.80. The Balaban J connectivity index is 2.37. The molecule has 0 spiro atoms. The van der Waals surface area contributed by atoms with Gasteiger partial charge in [-0.1, -0.05) is 28.1 Å². The van der Waals surface area contributed by atoms with Crippen molar-refractivity contribution in [3.63, 3.8) is 0 Å². The van der Waals surface area contributed by atoms with E-state index in [2.05, 4.69) is 15.9 Å². The molecule has 3 nitrogen and oxygen atoms in total. The van der Waals surface area contributed by atoms with Crippen LogP contribution >= 0.6 is 15.9 Å². The summed E-state index contributed by atoms with van der Waals surface area (Å²) in [5, 5.41) is 0.544. The van der Waals surface area contributed by atoms with Gasteiger partial charge >= 0.3 is 0 Å². The summed E-state index contributed by atoms with van der Waals surface area (Å²) in [6, 6.07) is 6.52. The Kier molecular flexibility index (Phi) is 4.58. The zero-order valence-electron chi connectivity index (χ0n) is 10.4. The van der Waals surface area contributed by atoms with E-state index in [9.17, 15) is 21.6 Å². The Labute approximate surface area is 128 Å². The summed E-state index contributed by atoms with van der Waals surface area (Å²) in [6.45, 7) is 0. The van der Waals surface area contributed by atoms with E-state index in [0.29, 0.717) is 17.5 Å². The first-order valence-corrected chi connectivity index (χ1v) is 8.26. The van der Waals surface area contributed by atoms with E-state index >= 15 is 0 Å². The monoisotopic (exact) mass is 379 g/mol. The molecule has 0 aromatic heterocycles. The molecule has 0 aliphatic rings. The number of hydrogen-bond acceptors (Lipinski definition) is 2. The highest BCUT2D eigenvalue weighted by Crippen LogP contribution is 2.24. The molecule has 0 aliphatic carbocycles. The lowest BCUT2D eigenvalue weighted by molar-refractivity contribution is 0.547. The van der Waals surface area contributed by atoms with Crippen LogP contribution in [0.3, 0.4) is 0 Å². The van der Waals surface area contributed by atoms with Crippen LogP contribution in [-0.2, 0) is 15.4 Å². The minimum absolute atomic E-state index is 0.157. The Morgan fingerprint density at radius 3 is 2.00 bits per heavy atom. The van der Waals surface area contributed by atoms with Gasteiger partial charge in [0.05, 0.1) is 4.90 Å². The molecule has 0 amide bonds. The van der Waals surface area contributed by atoms with Crippen LogP contribution in [0.5, 0.6) is 0 Å². The molecule has 0 radical (unpaired) electrons. The summed E-state index contributed by atoms with van der Waals surface area (Å²) in [6.07, 6.45) is 0. The van der Waals surface area contributed by atoms with Gasteiger partial charge in [0.25, 0.3) is 10.0 Å². The van der Waals surface area contributed by atoms with Crippen molar-refractivity contribution in [2.45, 2.75) is 10.2 Å². The molecule has 0 atom stereocenters. The number of anilines is 1. The van der Waals surface area contributed by atoms with Crippen molar-refractivity contribution in [1.29, 1.82) is 0 Å². The Morgan fingerprint density at radius 2 is 1.52 bits per heavy atom. The van der Waals surface area contributed by atoms with Crippen molar-refractivity contribution >= 4 is 31.6 Å². The van der Waals surface area contributed by atoms with Gasteiger partial charge in [0.1, 0.15) is 11.5 Å². The van der Waals surface area contributed by atoms with E-state index in [1.807, 2.05) is 0 Å². The first kappa shape index (κ1) is 15.8. The van der Waals surface area contributed by atoms with Gasteiger partial charge in [-0.25, -0.2) is 21.6 Å². The Morgan fingerprint density at radius 1 is 1.00 bits per heavy atom. The van der Waals surface area contributed by atoms with Crippen molar-refractivity contribution in [2.75, 3.05) is 4.72 Å². The maximum atomic E-state index is 13.5. The SMILES string of the molecule is O=S(=O)(Nc1c(F)cc(F)cc1F)c1ccc(CBr)cc1. The van der Waals surface area contributed by atoms with Crippen LogP contribution in [0.1, 0.15) is 5.56 Å². The van der Waals surface area contributed by atoms with E-state index in [-0.39, 0.29) is 4.90 Å². The van der Waals surface area contributed by atoms with Gasteiger partial charge in [-0.3, -0.25) is 4.72 Å². The van der Waals surface area contributed by atoms with E-state index < -0.39 is 33.2 Å². The zero-order valence-corrected chi connectivity index (χ0v) is 12.8. The molecule has 8 heteroatoms. The summed E-state index contributed by atoms with van der Waals surface area (Å²) in [7, 11) is -4.16.